The molecular formula is C31H39N3O2. The molecule has 4 aliphatic carbocycles. The average Bonchev–Trinajstić information content (AvgIpc) is 3.46. The molecule has 3 saturated carbocycles. The third-order valence-corrected chi connectivity index (χ3v) is 11.2. The van der Waals surface area contributed by atoms with E-state index in [9.17, 15) is 15.2 Å². The summed E-state index contributed by atoms with van der Waals surface area (Å²) in [5.74, 6) is 2.57. The van der Waals surface area contributed by atoms with E-state index >= 15 is 0 Å². The minimum absolute atomic E-state index is 0.0138. The Labute approximate surface area is 215 Å². The zero-order valence-corrected chi connectivity index (χ0v) is 21.9. The van der Waals surface area contributed by atoms with Crippen molar-refractivity contribution in [1.29, 1.82) is 5.26 Å². The molecule has 6 rings (SSSR count). The van der Waals surface area contributed by atoms with Crippen LogP contribution in [0.2, 0.25) is 0 Å². The number of aliphatic hydroxyl groups is 1. The van der Waals surface area contributed by atoms with Crippen LogP contribution in [0.1, 0.15) is 95.7 Å². The maximum absolute atomic E-state index is 12.6. The number of nitrogens with zero attached hydrogens (tertiary/aromatic N) is 3. The van der Waals surface area contributed by atoms with Gasteiger partial charge >= 0.3 is 0 Å². The van der Waals surface area contributed by atoms with E-state index < -0.39 is 0 Å². The zero-order valence-electron chi connectivity index (χ0n) is 21.9. The maximum Gasteiger partial charge on any atom is 0.240 e. The molecule has 1 amide bonds. The highest BCUT2D eigenvalue weighted by atomic mass is 16.3. The van der Waals surface area contributed by atoms with Crippen LogP contribution in [0.25, 0.3) is 0 Å². The van der Waals surface area contributed by atoms with E-state index in [0.29, 0.717) is 17.4 Å². The van der Waals surface area contributed by atoms with Crippen LogP contribution in [0.15, 0.2) is 41.0 Å². The third-order valence-electron chi connectivity index (χ3n) is 11.2. The van der Waals surface area contributed by atoms with Gasteiger partial charge in [-0.3, -0.25) is 4.79 Å². The number of carbonyl (C=O) groups is 1. The number of hydrogen-bond donors (Lipinski definition) is 1. The summed E-state index contributed by atoms with van der Waals surface area (Å²) >= 11 is 0. The van der Waals surface area contributed by atoms with Gasteiger partial charge in [0.2, 0.25) is 5.91 Å². The minimum Gasteiger partial charge on any atom is -0.393 e. The lowest BCUT2D eigenvalue weighted by atomic mass is 9.47. The second-order valence-corrected chi connectivity index (χ2v) is 12.7. The number of aliphatic hydroxyl groups excluding tert-OH is 1. The predicted octanol–water partition coefficient (Wildman–Crippen LogP) is 6.15. The summed E-state index contributed by atoms with van der Waals surface area (Å²) in [6.07, 6.45) is 12.2. The first-order valence-electron chi connectivity index (χ1n) is 14.0. The first-order chi connectivity index (χ1) is 17.2. The van der Waals surface area contributed by atoms with Crippen LogP contribution in [0.3, 0.4) is 0 Å². The molecule has 0 saturated heterocycles. The lowest BCUT2D eigenvalue weighted by Gasteiger charge is -2.58. The molecule has 1 aromatic rings. The lowest BCUT2D eigenvalue weighted by Crippen LogP contribution is -2.51. The van der Waals surface area contributed by atoms with E-state index in [0.717, 1.165) is 49.5 Å². The molecule has 8 atom stereocenters. The Hall–Kier alpha value is -2.45. The molecule has 1 aliphatic heterocycles. The molecule has 5 aliphatic rings. The zero-order chi connectivity index (χ0) is 25.2. The number of carbonyl (C=O) groups excluding carboxylic acids is 1. The largest absolute Gasteiger partial charge is 0.393 e. The van der Waals surface area contributed by atoms with Crippen LogP contribution >= 0.6 is 0 Å². The van der Waals surface area contributed by atoms with Gasteiger partial charge in [-0.2, -0.15) is 10.4 Å². The summed E-state index contributed by atoms with van der Waals surface area (Å²) in [7, 11) is 0. The van der Waals surface area contributed by atoms with Crippen molar-refractivity contribution >= 4 is 11.6 Å². The highest BCUT2D eigenvalue weighted by molar-refractivity contribution is 5.92. The second kappa shape index (κ2) is 8.55. The molecular weight excluding hydrogens is 446 g/mol. The van der Waals surface area contributed by atoms with Crippen molar-refractivity contribution < 1.29 is 9.90 Å². The Morgan fingerprint density at radius 2 is 1.86 bits per heavy atom. The number of benzene rings is 1. The normalized spacial score (nSPS) is 41.5. The molecule has 0 bridgehead atoms. The highest BCUT2D eigenvalue weighted by Gasteiger charge is 2.59. The van der Waals surface area contributed by atoms with Crippen molar-refractivity contribution in [2.75, 3.05) is 0 Å². The van der Waals surface area contributed by atoms with Crippen LogP contribution in [-0.4, -0.2) is 27.8 Å². The number of amides is 1. The first-order valence-corrected chi connectivity index (χ1v) is 14.0. The van der Waals surface area contributed by atoms with Crippen LogP contribution in [0.4, 0.5) is 0 Å². The molecule has 0 spiro atoms. The van der Waals surface area contributed by atoms with Gasteiger partial charge in [-0.1, -0.05) is 37.6 Å². The molecule has 0 unspecified atom stereocenters. The van der Waals surface area contributed by atoms with Crippen LogP contribution in [0, 0.1) is 45.8 Å². The summed E-state index contributed by atoms with van der Waals surface area (Å²) in [6.45, 7) is 6.62. The Morgan fingerprint density at radius 3 is 2.58 bits per heavy atom. The number of hydrazone groups is 1. The van der Waals surface area contributed by atoms with Crippen molar-refractivity contribution in [2.24, 2.45) is 39.6 Å². The molecule has 190 valence electrons. The van der Waals surface area contributed by atoms with Gasteiger partial charge < -0.3 is 5.11 Å². The SMILES string of the molecule is CC(=O)N1N=C([C@H]2CC[C@H]3[C@@H]4CC=C5C[C@@H](O)CC[C@]5(C)[C@H]4CC[C@]23C)C[C@@H]1c1ccc(C#N)cc1. The Morgan fingerprint density at radius 1 is 1.08 bits per heavy atom. The van der Waals surface area contributed by atoms with E-state index in [-0.39, 0.29) is 28.9 Å². The van der Waals surface area contributed by atoms with Crippen molar-refractivity contribution in [3.05, 3.63) is 47.0 Å². The molecule has 5 nitrogen and oxygen atoms in total. The lowest BCUT2D eigenvalue weighted by molar-refractivity contribution is -0.130. The monoisotopic (exact) mass is 485 g/mol. The number of allylic oxidation sites excluding steroid dienone is 1. The van der Waals surface area contributed by atoms with E-state index in [1.807, 2.05) is 24.3 Å². The molecule has 0 radical (unpaired) electrons. The van der Waals surface area contributed by atoms with E-state index in [1.54, 1.807) is 11.9 Å². The van der Waals surface area contributed by atoms with Crippen LogP contribution in [-0.2, 0) is 4.79 Å². The minimum atomic E-state index is -0.153. The van der Waals surface area contributed by atoms with Gasteiger partial charge in [0.15, 0.2) is 0 Å². The highest BCUT2D eigenvalue weighted by Crippen LogP contribution is 2.66. The van der Waals surface area contributed by atoms with E-state index in [1.165, 1.54) is 37.0 Å². The van der Waals surface area contributed by atoms with Gasteiger partial charge in [0, 0.05) is 25.0 Å². The van der Waals surface area contributed by atoms with Gasteiger partial charge in [0.25, 0.3) is 0 Å². The standard InChI is InChI=1S/C31H39N3O2/c1-19(35)34-29(21-6-4-20(18-32)5-7-21)17-28(33-34)27-11-10-25-24-9-8-22-16-23(36)12-14-30(22,2)26(24)13-15-31(25,27)3/h4-8,23-27,29,36H,9-17H2,1-3H3/t23-,24-,25-,26-,27+,29+,30-,31-/m0/s1. The Balaban J connectivity index is 1.26. The van der Waals surface area contributed by atoms with Crippen LogP contribution in [0.5, 0.6) is 0 Å². The molecule has 1 heterocycles. The third kappa shape index (κ3) is 3.51. The van der Waals surface area contributed by atoms with Gasteiger partial charge in [-0.05, 0) is 97.6 Å². The molecule has 36 heavy (non-hydrogen) atoms. The maximum atomic E-state index is 12.6. The first kappa shape index (κ1) is 23.9. The fourth-order valence-corrected chi connectivity index (χ4v) is 9.26. The molecule has 3 fully saturated rings. The average molecular weight is 486 g/mol. The number of hydrogen-bond acceptors (Lipinski definition) is 4. The quantitative estimate of drug-likeness (QED) is 0.511. The van der Waals surface area contributed by atoms with Crippen LogP contribution < -0.4 is 0 Å². The fourth-order valence-electron chi connectivity index (χ4n) is 9.26. The molecule has 1 N–H and O–H groups in total. The van der Waals surface area contributed by atoms with E-state index in [4.69, 9.17) is 5.10 Å². The summed E-state index contributed by atoms with van der Waals surface area (Å²) in [5.41, 5.74) is 4.94. The molecule has 5 heteroatoms. The molecule has 0 aromatic heterocycles. The molecule has 1 aromatic carbocycles. The number of rotatable bonds is 2. The summed E-state index contributed by atoms with van der Waals surface area (Å²) in [5, 5.41) is 26.2. The van der Waals surface area contributed by atoms with Gasteiger partial charge in [0.05, 0.1) is 23.8 Å². The van der Waals surface area contributed by atoms with Crippen molar-refractivity contribution in [3.8, 4) is 6.07 Å². The fraction of sp³-hybridized carbons (Fsp3) is 0.645. The smallest absolute Gasteiger partial charge is 0.240 e. The Kier molecular flexibility index (Phi) is 5.68. The summed E-state index contributed by atoms with van der Waals surface area (Å²) in [4.78, 5) is 12.6. The number of nitriles is 1. The summed E-state index contributed by atoms with van der Waals surface area (Å²) in [6, 6.07) is 9.76. The summed E-state index contributed by atoms with van der Waals surface area (Å²) < 4.78 is 0. The van der Waals surface area contributed by atoms with Gasteiger partial charge in [0.1, 0.15) is 0 Å². The Bertz CT molecular complexity index is 1160. The van der Waals surface area contributed by atoms with Gasteiger partial charge in [-0.15, -0.1) is 0 Å². The van der Waals surface area contributed by atoms with Gasteiger partial charge in [-0.25, -0.2) is 5.01 Å². The van der Waals surface area contributed by atoms with E-state index in [2.05, 4.69) is 26.0 Å². The van der Waals surface area contributed by atoms with Crippen molar-refractivity contribution in [1.82, 2.24) is 5.01 Å². The van der Waals surface area contributed by atoms with Crippen molar-refractivity contribution in [3.63, 3.8) is 0 Å². The predicted molar refractivity (Wildman–Crippen MR) is 140 cm³/mol. The van der Waals surface area contributed by atoms with Crippen molar-refractivity contribution in [2.45, 2.75) is 90.7 Å². The number of fused-ring (bicyclic) bond motifs is 5. The second-order valence-electron chi connectivity index (χ2n) is 12.7. The topological polar surface area (TPSA) is 76.7 Å².